The molecular formula is C32H39I2N2O3S+. The molecule has 8 heteroatoms. The van der Waals surface area contributed by atoms with E-state index in [0.29, 0.717) is 13.0 Å². The summed E-state index contributed by atoms with van der Waals surface area (Å²) in [5.41, 5.74) is 7.12. The molecule has 2 aliphatic rings. The van der Waals surface area contributed by atoms with E-state index in [4.69, 9.17) is 0 Å². The third kappa shape index (κ3) is 6.60. The lowest BCUT2D eigenvalue weighted by Gasteiger charge is -2.27. The van der Waals surface area contributed by atoms with Crippen molar-refractivity contribution in [1.82, 2.24) is 0 Å². The van der Waals surface area contributed by atoms with Gasteiger partial charge in [0.25, 0.3) is 10.1 Å². The van der Waals surface area contributed by atoms with Gasteiger partial charge in [-0.2, -0.15) is 13.0 Å². The predicted octanol–water partition coefficient (Wildman–Crippen LogP) is 8.14. The van der Waals surface area contributed by atoms with E-state index in [-0.39, 0.29) is 16.6 Å². The number of hydrogen-bond donors (Lipinski definition) is 1. The fourth-order valence-corrected chi connectivity index (χ4v) is 7.33. The van der Waals surface area contributed by atoms with E-state index < -0.39 is 10.1 Å². The summed E-state index contributed by atoms with van der Waals surface area (Å²) < 4.78 is 36.6. The molecule has 0 aromatic heterocycles. The summed E-state index contributed by atoms with van der Waals surface area (Å²) >= 11 is 4.73. The van der Waals surface area contributed by atoms with Crippen LogP contribution >= 0.6 is 45.2 Å². The van der Waals surface area contributed by atoms with Gasteiger partial charge in [-0.15, -0.1) is 0 Å². The van der Waals surface area contributed by atoms with Crippen molar-refractivity contribution in [2.24, 2.45) is 0 Å². The molecule has 0 radical (unpaired) electrons. The summed E-state index contributed by atoms with van der Waals surface area (Å²) in [7, 11) is -4.00. The van der Waals surface area contributed by atoms with Crippen LogP contribution in [0.15, 0.2) is 72.5 Å². The number of allylic oxidation sites excluding steroid dienone is 6. The second-order valence-corrected chi connectivity index (χ2v) is 15.6. The number of unbranched alkanes of at least 4 members (excludes halogenated alkanes) is 1. The summed E-state index contributed by atoms with van der Waals surface area (Å²) in [6.45, 7) is 12.8. The van der Waals surface area contributed by atoms with Crippen LogP contribution in [0, 0.1) is 7.14 Å². The minimum atomic E-state index is -4.00. The fourth-order valence-electron chi connectivity index (χ4n) is 5.86. The van der Waals surface area contributed by atoms with Crippen molar-refractivity contribution in [3.63, 3.8) is 0 Å². The Kier molecular flexibility index (Phi) is 9.74. The maximum absolute atomic E-state index is 11.4. The van der Waals surface area contributed by atoms with Crippen molar-refractivity contribution >= 4 is 72.4 Å². The van der Waals surface area contributed by atoms with Crippen LogP contribution in [0.4, 0.5) is 11.4 Å². The number of nitrogens with zero attached hydrogens (tertiary/aromatic N) is 2. The Morgan fingerprint density at radius 1 is 0.925 bits per heavy atom. The van der Waals surface area contributed by atoms with E-state index in [1.54, 1.807) is 0 Å². The van der Waals surface area contributed by atoms with Gasteiger partial charge in [-0.05, 0) is 107 Å². The number of halogens is 2. The fraction of sp³-hybridized carbons (Fsp3) is 0.406. The van der Waals surface area contributed by atoms with E-state index in [9.17, 15) is 13.0 Å². The van der Waals surface area contributed by atoms with Crippen LogP contribution < -0.4 is 4.90 Å². The molecule has 0 saturated heterocycles. The Labute approximate surface area is 267 Å². The molecule has 4 rings (SSSR count). The molecule has 0 bridgehead atoms. The maximum atomic E-state index is 11.4. The van der Waals surface area contributed by atoms with Crippen LogP contribution in [0.25, 0.3) is 0 Å². The van der Waals surface area contributed by atoms with E-state index in [0.717, 1.165) is 30.8 Å². The monoisotopic (exact) mass is 785 g/mol. The largest absolute Gasteiger partial charge is 0.344 e. The van der Waals surface area contributed by atoms with Gasteiger partial charge in [0, 0.05) is 54.6 Å². The molecule has 5 nitrogen and oxygen atoms in total. The highest BCUT2D eigenvalue weighted by atomic mass is 127. The SMILES string of the molecule is CCCCN1C(=CC=CC=CC2=[N+](CCCS(=O)(=O)O)c3ccc(I)cc3C2(C)C)C(C)(C)c2cc(I)ccc21. The van der Waals surface area contributed by atoms with Crippen LogP contribution in [-0.4, -0.2) is 42.1 Å². The third-order valence-electron chi connectivity index (χ3n) is 7.96. The second-order valence-electron chi connectivity index (χ2n) is 11.6. The second kappa shape index (κ2) is 12.4. The zero-order valence-corrected chi connectivity index (χ0v) is 29.0. The zero-order chi connectivity index (χ0) is 29.3. The van der Waals surface area contributed by atoms with Gasteiger partial charge >= 0.3 is 0 Å². The summed E-state index contributed by atoms with van der Waals surface area (Å²) in [4.78, 5) is 2.48. The van der Waals surface area contributed by atoms with Crippen LogP contribution in [0.5, 0.6) is 0 Å². The van der Waals surface area contributed by atoms with Crippen molar-refractivity contribution in [2.75, 3.05) is 23.7 Å². The first kappa shape index (κ1) is 31.4. The van der Waals surface area contributed by atoms with Crippen LogP contribution in [-0.2, 0) is 20.9 Å². The molecule has 0 unspecified atom stereocenters. The minimum Gasteiger partial charge on any atom is -0.344 e. The summed E-state index contributed by atoms with van der Waals surface area (Å²) in [5.74, 6) is -0.250. The quantitative estimate of drug-likeness (QED) is 0.114. The molecule has 0 saturated carbocycles. The van der Waals surface area contributed by atoms with Crippen LogP contribution in [0.3, 0.4) is 0 Å². The van der Waals surface area contributed by atoms with E-state index in [1.165, 1.54) is 29.7 Å². The Balaban J connectivity index is 1.64. The maximum Gasteiger partial charge on any atom is 0.265 e. The first-order valence-electron chi connectivity index (χ1n) is 13.8. The Morgan fingerprint density at radius 3 is 2.27 bits per heavy atom. The standard InChI is InChI=1S/C32H38I2N2O3S/c1-6-7-18-35-27-16-14-23(33)21-25(27)31(2,3)29(35)12-9-8-10-13-30-32(4,5)26-22-24(34)15-17-28(26)36(30)19-11-20-40(37,38)39/h8-10,12-17,21-22H,6-7,11,18-20H2,1-5H3/p+1. The molecule has 40 heavy (non-hydrogen) atoms. The van der Waals surface area contributed by atoms with Crippen LogP contribution in [0.1, 0.15) is 65.0 Å². The molecule has 2 aliphatic heterocycles. The normalized spacial score (nSPS) is 18.9. The predicted molar refractivity (Wildman–Crippen MR) is 184 cm³/mol. The van der Waals surface area contributed by atoms with E-state index in [2.05, 4.69) is 156 Å². The Morgan fingerprint density at radius 2 is 1.60 bits per heavy atom. The average molecular weight is 786 g/mol. The third-order valence-corrected chi connectivity index (χ3v) is 10.1. The lowest BCUT2D eigenvalue weighted by atomic mass is 9.81. The van der Waals surface area contributed by atoms with Gasteiger partial charge in [0.05, 0.1) is 11.2 Å². The number of rotatable bonds is 10. The smallest absolute Gasteiger partial charge is 0.265 e. The highest BCUT2D eigenvalue weighted by Gasteiger charge is 2.44. The van der Waals surface area contributed by atoms with Crippen LogP contribution in [0.2, 0.25) is 0 Å². The Bertz CT molecular complexity index is 1520. The van der Waals surface area contributed by atoms with Crippen molar-refractivity contribution in [3.8, 4) is 0 Å². The molecular weight excluding hydrogens is 746 g/mol. The van der Waals surface area contributed by atoms with Gasteiger partial charge in [-0.25, -0.2) is 0 Å². The van der Waals surface area contributed by atoms with E-state index in [1.807, 2.05) is 0 Å². The number of fused-ring (bicyclic) bond motifs is 2. The average Bonchev–Trinajstić information content (AvgIpc) is 3.20. The first-order valence-corrected chi connectivity index (χ1v) is 17.6. The van der Waals surface area contributed by atoms with Crippen molar-refractivity contribution in [3.05, 3.63) is 90.7 Å². The highest BCUT2D eigenvalue weighted by Crippen LogP contribution is 2.48. The molecule has 0 fully saturated rings. The number of benzene rings is 2. The molecule has 214 valence electrons. The van der Waals surface area contributed by atoms with Gasteiger partial charge in [0.2, 0.25) is 5.69 Å². The Hall–Kier alpha value is -1.50. The molecule has 2 heterocycles. The molecule has 2 aromatic rings. The highest BCUT2D eigenvalue weighted by molar-refractivity contribution is 14.1. The van der Waals surface area contributed by atoms with Gasteiger partial charge < -0.3 is 4.90 Å². The summed E-state index contributed by atoms with van der Waals surface area (Å²) in [6.07, 6.45) is 13.3. The van der Waals surface area contributed by atoms with Gasteiger partial charge in [-0.3, -0.25) is 4.55 Å². The molecule has 0 aliphatic carbocycles. The topological polar surface area (TPSA) is 60.6 Å². The van der Waals surface area contributed by atoms with Gasteiger partial charge in [0.1, 0.15) is 6.54 Å². The lowest BCUT2D eigenvalue weighted by Crippen LogP contribution is -2.28. The molecule has 0 spiro atoms. The number of anilines is 1. The molecule has 1 N–H and O–H groups in total. The minimum absolute atomic E-state index is 0.0802. The van der Waals surface area contributed by atoms with Crippen molar-refractivity contribution < 1.29 is 17.5 Å². The van der Waals surface area contributed by atoms with Gasteiger partial charge in [0.15, 0.2) is 5.71 Å². The van der Waals surface area contributed by atoms with Gasteiger partial charge in [-0.1, -0.05) is 45.4 Å². The molecule has 0 atom stereocenters. The molecule has 2 aromatic carbocycles. The van der Waals surface area contributed by atoms with Crippen molar-refractivity contribution in [1.29, 1.82) is 0 Å². The first-order chi connectivity index (χ1) is 18.8. The van der Waals surface area contributed by atoms with E-state index >= 15 is 0 Å². The zero-order valence-electron chi connectivity index (χ0n) is 23.9. The van der Waals surface area contributed by atoms with Crippen molar-refractivity contribution in [2.45, 2.75) is 64.7 Å². The lowest BCUT2D eigenvalue weighted by molar-refractivity contribution is -0.437. The summed E-state index contributed by atoms with van der Waals surface area (Å²) in [6, 6.07) is 13.2. The summed E-state index contributed by atoms with van der Waals surface area (Å²) in [5, 5.41) is 0. The molecule has 0 amide bonds. The number of hydrogen-bond acceptors (Lipinski definition) is 3.